The molecule has 1 heterocycles. The summed E-state index contributed by atoms with van der Waals surface area (Å²) in [7, 11) is 1.91. The molecule has 1 N–H and O–H groups in total. The molecule has 0 aliphatic rings. The van der Waals surface area contributed by atoms with Gasteiger partial charge in [0, 0.05) is 26.4 Å². The summed E-state index contributed by atoms with van der Waals surface area (Å²) in [5.74, 6) is 0.805. The van der Waals surface area contributed by atoms with E-state index in [2.05, 4.69) is 32.6 Å². The third kappa shape index (κ3) is 3.21. The van der Waals surface area contributed by atoms with Gasteiger partial charge in [-0.3, -0.25) is 0 Å². The van der Waals surface area contributed by atoms with Gasteiger partial charge < -0.3 is 10.0 Å². The lowest BCUT2D eigenvalue weighted by Gasteiger charge is -2.18. The van der Waals surface area contributed by atoms with Gasteiger partial charge in [-0.05, 0) is 40.6 Å². The van der Waals surface area contributed by atoms with Crippen molar-refractivity contribution in [3.63, 3.8) is 0 Å². The van der Waals surface area contributed by atoms with Crippen LogP contribution in [0.1, 0.15) is 6.42 Å². The standard InChI is InChI=1S/C8H11ClIN3O/c1-13(3-2-4-14)7-6(10)5-11-8(9)12-7/h5,14H,2-4H2,1H3. The van der Waals surface area contributed by atoms with Crippen molar-refractivity contribution in [1.82, 2.24) is 9.97 Å². The highest BCUT2D eigenvalue weighted by Gasteiger charge is 2.08. The predicted molar refractivity (Wildman–Crippen MR) is 64.7 cm³/mol. The summed E-state index contributed by atoms with van der Waals surface area (Å²) in [6, 6.07) is 0. The van der Waals surface area contributed by atoms with Crippen molar-refractivity contribution in [3.8, 4) is 0 Å². The number of halogens is 2. The molecule has 0 aliphatic heterocycles. The summed E-state index contributed by atoms with van der Waals surface area (Å²) >= 11 is 7.85. The lowest BCUT2D eigenvalue weighted by molar-refractivity contribution is 0.290. The molecule has 1 rings (SSSR count). The fourth-order valence-corrected chi connectivity index (χ4v) is 1.82. The zero-order valence-electron chi connectivity index (χ0n) is 7.74. The summed E-state index contributed by atoms with van der Waals surface area (Å²) in [5.41, 5.74) is 0. The first-order valence-electron chi connectivity index (χ1n) is 4.15. The summed E-state index contributed by atoms with van der Waals surface area (Å²) < 4.78 is 0.951. The number of anilines is 1. The van der Waals surface area contributed by atoms with Crippen LogP contribution in [0.5, 0.6) is 0 Å². The molecule has 0 fully saturated rings. The first kappa shape index (κ1) is 11.9. The Morgan fingerprint density at radius 2 is 2.36 bits per heavy atom. The molecule has 0 saturated carbocycles. The Morgan fingerprint density at radius 3 is 3.00 bits per heavy atom. The minimum atomic E-state index is 0.180. The lowest BCUT2D eigenvalue weighted by atomic mass is 10.4. The molecule has 0 aliphatic carbocycles. The monoisotopic (exact) mass is 327 g/mol. The number of aliphatic hydroxyl groups is 1. The predicted octanol–water partition coefficient (Wildman–Crippen LogP) is 1.55. The number of aliphatic hydroxyl groups excluding tert-OH is 1. The van der Waals surface area contributed by atoms with Gasteiger partial charge in [0.1, 0.15) is 5.82 Å². The molecule has 0 radical (unpaired) electrons. The summed E-state index contributed by atoms with van der Waals surface area (Å²) in [6.45, 7) is 0.930. The van der Waals surface area contributed by atoms with Gasteiger partial charge in [0.2, 0.25) is 5.28 Å². The third-order valence-corrected chi connectivity index (χ3v) is 2.65. The van der Waals surface area contributed by atoms with E-state index in [0.29, 0.717) is 6.42 Å². The molecule has 4 nitrogen and oxygen atoms in total. The Bertz CT molecular complexity index is 311. The van der Waals surface area contributed by atoms with E-state index in [1.165, 1.54) is 0 Å². The number of hydrogen-bond acceptors (Lipinski definition) is 4. The smallest absolute Gasteiger partial charge is 0.224 e. The molecule has 0 amide bonds. The lowest BCUT2D eigenvalue weighted by Crippen LogP contribution is -2.21. The third-order valence-electron chi connectivity index (χ3n) is 1.71. The largest absolute Gasteiger partial charge is 0.396 e. The molecule has 1 aromatic heterocycles. The molecule has 0 spiro atoms. The Morgan fingerprint density at radius 1 is 1.64 bits per heavy atom. The molecule has 0 unspecified atom stereocenters. The van der Waals surface area contributed by atoms with Gasteiger partial charge in [-0.15, -0.1) is 0 Å². The number of aromatic nitrogens is 2. The van der Waals surface area contributed by atoms with Crippen LogP contribution in [0.4, 0.5) is 5.82 Å². The van der Waals surface area contributed by atoms with E-state index in [-0.39, 0.29) is 11.9 Å². The zero-order chi connectivity index (χ0) is 10.6. The van der Waals surface area contributed by atoms with Crippen molar-refractivity contribution in [2.75, 3.05) is 25.1 Å². The highest BCUT2D eigenvalue weighted by Crippen LogP contribution is 2.19. The van der Waals surface area contributed by atoms with Crippen molar-refractivity contribution >= 4 is 40.0 Å². The van der Waals surface area contributed by atoms with Crippen LogP contribution >= 0.6 is 34.2 Å². The molecule has 0 bridgehead atoms. The van der Waals surface area contributed by atoms with Gasteiger partial charge >= 0.3 is 0 Å². The van der Waals surface area contributed by atoms with Gasteiger partial charge in [0.25, 0.3) is 0 Å². The maximum Gasteiger partial charge on any atom is 0.224 e. The Hall–Kier alpha value is -0.140. The summed E-state index contributed by atoms with van der Waals surface area (Å²) in [4.78, 5) is 9.94. The second kappa shape index (κ2) is 5.67. The maximum atomic E-state index is 8.70. The molecule has 0 aromatic carbocycles. The Kier molecular flexibility index (Phi) is 4.83. The van der Waals surface area contributed by atoms with Gasteiger partial charge in [0.15, 0.2) is 0 Å². The molecule has 1 aromatic rings. The molecular weight excluding hydrogens is 316 g/mol. The highest BCUT2D eigenvalue weighted by molar-refractivity contribution is 14.1. The van der Waals surface area contributed by atoms with E-state index in [1.54, 1.807) is 6.20 Å². The SMILES string of the molecule is CN(CCCO)c1nc(Cl)ncc1I. The van der Waals surface area contributed by atoms with E-state index >= 15 is 0 Å². The molecule has 0 saturated heterocycles. The van der Waals surface area contributed by atoms with E-state index in [0.717, 1.165) is 15.9 Å². The number of rotatable bonds is 4. The first-order valence-corrected chi connectivity index (χ1v) is 5.61. The minimum absolute atomic E-state index is 0.180. The average Bonchev–Trinajstić information content (AvgIpc) is 2.18. The fourth-order valence-electron chi connectivity index (χ4n) is 1.02. The van der Waals surface area contributed by atoms with Crippen LogP contribution in [0.2, 0.25) is 5.28 Å². The summed E-state index contributed by atoms with van der Waals surface area (Å²) in [6.07, 6.45) is 2.40. The maximum absolute atomic E-state index is 8.70. The first-order chi connectivity index (χ1) is 6.65. The normalized spacial score (nSPS) is 10.3. The zero-order valence-corrected chi connectivity index (χ0v) is 10.7. The van der Waals surface area contributed by atoms with Gasteiger partial charge in [-0.25, -0.2) is 4.98 Å². The second-order valence-electron chi connectivity index (χ2n) is 2.81. The Balaban J connectivity index is 2.77. The number of hydrogen-bond donors (Lipinski definition) is 1. The summed E-state index contributed by atoms with van der Waals surface area (Å²) in [5, 5.41) is 8.95. The van der Waals surface area contributed by atoms with Crippen LogP contribution in [0.3, 0.4) is 0 Å². The van der Waals surface area contributed by atoms with Crippen LogP contribution in [0.15, 0.2) is 6.20 Å². The topological polar surface area (TPSA) is 49.2 Å². The van der Waals surface area contributed by atoms with Crippen LogP contribution in [0, 0.1) is 3.57 Å². The van der Waals surface area contributed by atoms with Gasteiger partial charge in [0.05, 0.1) is 3.57 Å². The van der Waals surface area contributed by atoms with Crippen LogP contribution < -0.4 is 4.90 Å². The molecular formula is C8H11ClIN3O. The van der Waals surface area contributed by atoms with Crippen molar-refractivity contribution < 1.29 is 5.11 Å². The molecule has 6 heteroatoms. The van der Waals surface area contributed by atoms with E-state index < -0.39 is 0 Å². The van der Waals surface area contributed by atoms with Crippen LogP contribution in [0.25, 0.3) is 0 Å². The molecule has 14 heavy (non-hydrogen) atoms. The van der Waals surface area contributed by atoms with E-state index in [1.807, 2.05) is 11.9 Å². The van der Waals surface area contributed by atoms with Crippen LogP contribution in [-0.4, -0.2) is 35.3 Å². The highest BCUT2D eigenvalue weighted by atomic mass is 127. The van der Waals surface area contributed by atoms with Gasteiger partial charge in [-0.1, -0.05) is 0 Å². The van der Waals surface area contributed by atoms with Crippen LogP contribution in [-0.2, 0) is 0 Å². The average molecular weight is 328 g/mol. The van der Waals surface area contributed by atoms with Crippen molar-refractivity contribution in [2.24, 2.45) is 0 Å². The van der Waals surface area contributed by atoms with Crippen molar-refractivity contribution in [3.05, 3.63) is 15.1 Å². The van der Waals surface area contributed by atoms with Crippen molar-refractivity contribution in [1.29, 1.82) is 0 Å². The quantitative estimate of drug-likeness (QED) is 0.673. The number of nitrogens with zero attached hydrogens (tertiary/aromatic N) is 3. The molecule has 78 valence electrons. The van der Waals surface area contributed by atoms with Crippen molar-refractivity contribution in [2.45, 2.75) is 6.42 Å². The van der Waals surface area contributed by atoms with E-state index in [4.69, 9.17) is 16.7 Å². The Labute approximate surface area is 101 Å². The molecule has 0 atom stereocenters. The second-order valence-corrected chi connectivity index (χ2v) is 4.31. The fraction of sp³-hybridized carbons (Fsp3) is 0.500. The minimum Gasteiger partial charge on any atom is -0.396 e. The van der Waals surface area contributed by atoms with E-state index in [9.17, 15) is 0 Å². The van der Waals surface area contributed by atoms with Gasteiger partial charge in [-0.2, -0.15) is 4.98 Å².